The molecule has 0 aromatic heterocycles. The van der Waals surface area contributed by atoms with Crippen molar-refractivity contribution in [2.75, 3.05) is 7.05 Å². The molecule has 0 aliphatic heterocycles. The normalized spacial score (nSPS) is 12.5. The third-order valence-electron chi connectivity index (χ3n) is 0.699. The van der Waals surface area contributed by atoms with E-state index in [0.29, 0.717) is 0 Å². The zero-order valence-corrected chi connectivity index (χ0v) is 5.26. The third-order valence-corrected chi connectivity index (χ3v) is 0.699. The van der Waals surface area contributed by atoms with Crippen LogP contribution >= 0.6 is 0 Å². The van der Waals surface area contributed by atoms with Crippen molar-refractivity contribution >= 4 is 0 Å². The van der Waals surface area contributed by atoms with E-state index in [0.717, 1.165) is 5.57 Å². The predicted octanol–water partition coefficient (Wildman–Crippen LogP) is 2.16. The minimum absolute atomic E-state index is 1.02. The lowest BCUT2D eigenvalue weighted by Crippen LogP contribution is -1.60. The van der Waals surface area contributed by atoms with Crippen LogP contribution in [0.15, 0.2) is 34.7 Å². The maximum absolute atomic E-state index is 3.63. The number of azo groups is 1. The summed E-state index contributed by atoms with van der Waals surface area (Å²) in [5, 5.41) is 7.16. The van der Waals surface area contributed by atoms with E-state index in [1.54, 1.807) is 19.3 Å². The molecule has 0 aliphatic rings. The molecule has 44 valence electrons. The first kappa shape index (κ1) is 7.08. The second kappa shape index (κ2) is 4.24. The lowest BCUT2D eigenvalue weighted by Gasteiger charge is -1.80. The number of rotatable bonds is 2. The first-order valence-corrected chi connectivity index (χ1v) is 2.39. The molecule has 0 aliphatic carbocycles. The highest BCUT2D eigenvalue weighted by Gasteiger charge is 1.72. The van der Waals surface area contributed by atoms with Crippen molar-refractivity contribution in [1.82, 2.24) is 0 Å². The van der Waals surface area contributed by atoms with Gasteiger partial charge in [-0.3, -0.25) is 0 Å². The summed E-state index contributed by atoms with van der Waals surface area (Å²) in [6, 6.07) is 0. The topological polar surface area (TPSA) is 24.7 Å². The summed E-state index contributed by atoms with van der Waals surface area (Å²) in [5.74, 6) is 0. The molecule has 0 saturated carbocycles. The van der Waals surface area contributed by atoms with Crippen molar-refractivity contribution in [3.63, 3.8) is 0 Å². The molecule has 0 rings (SSSR count). The summed E-state index contributed by atoms with van der Waals surface area (Å²) in [7, 11) is 1.63. The van der Waals surface area contributed by atoms with Gasteiger partial charge < -0.3 is 0 Å². The van der Waals surface area contributed by atoms with Crippen molar-refractivity contribution in [3.8, 4) is 0 Å². The van der Waals surface area contributed by atoms with Gasteiger partial charge >= 0.3 is 0 Å². The Morgan fingerprint density at radius 2 is 2.25 bits per heavy atom. The van der Waals surface area contributed by atoms with Crippen LogP contribution in [-0.4, -0.2) is 7.05 Å². The Bertz CT molecular complexity index is 122. The minimum Gasteiger partial charge on any atom is -0.193 e. The lowest BCUT2D eigenvalue weighted by molar-refractivity contribution is 1.15. The van der Waals surface area contributed by atoms with Gasteiger partial charge in [0.2, 0.25) is 0 Å². The van der Waals surface area contributed by atoms with Crippen molar-refractivity contribution in [2.45, 2.75) is 6.92 Å². The van der Waals surface area contributed by atoms with Gasteiger partial charge in [-0.1, -0.05) is 12.7 Å². The largest absolute Gasteiger partial charge is 0.193 e. The number of nitrogens with zero attached hydrogens (tertiary/aromatic N) is 2. The highest BCUT2D eigenvalue weighted by atomic mass is 15.1. The van der Waals surface area contributed by atoms with Crippen LogP contribution in [0.3, 0.4) is 0 Å². The SMILES string of the molecule is C=C/C(C)=C\N=N/C. The van der Waals surface area contributed by atoms with E-state index in [-0.39, 0.29) is 0 Å². The molecule has 0 amide bonds. The summed E-state index contributed by atoms with van der Waals surface area (Å²) in [4.78, 5) is 0. The fourth-order valence-corrected chi connectivity index (χ4v) is 0.202. The molecule has 0 unspecified atom stereocenters. The van der Waals surface area contributed by atoms with Gasteiger partial charge in [-0.15, -0.1) is 0 Å². The van der Waals surface area contributed by atoms with E-state index >= 15 is 0 Å². The Morgan fingerprint density at radius 3 is 2.62 bits per heavy atom. The first-order chi connectivity index (χ1) is 3.81. The molecule has 2 nitrogen and oxygen atoms in total. The van der Waals surface area contributed by atoms with Gasteiger partial charge in [-0.25, -0.2) is 0 Å². The Morgan fingerprint density at radius 1 is 1.62 bits per heavy atom. The number of hydrogen-bond acceptors (Lipinski definition) is 2. The van der Waals surface area contributed by atoms with Gasteiger partial charge in [0.05, 0.1) is 6.20 Å². The van der Waals surface area contributed by atoms with E-state index in [9.17, 15) is 0 Å². The summed E-state index contributed by atoms with van der Waals surface area (Å²) in [5.41, 5.74) is 1.02. The van der Waals surface area contributed by atoms with Crippen LogP contribution in [0, 0.1) is 0 Å². The molecular formula is C6H10N2. The molecule has 0 atom stereocenters. The Labute approximate surface area is 49.6 Å². The van der Waals surface area contributed by atoms with E-state index in [1.807, 2.05) is 6.92 Å². The van der Waals surface area contributed by atoms with Crippen molar-refractivity contribution in [2.24, 2.45) is 10.2 Å². The highest BCUT2D eigenvalue weighted by molar-refractivity contribution is 5.11. The fourth-order valence-electron chi connectivity index (χ4n) is 0.202. The second-order valence-corrected chi connectivity index (χ2v) is 1.39. The molecule has 0 bridgehead atoms. The van der Waals surface area contributed by atoms with Crippen molar-refractivity contribution in [3.05, 3.63) is 24.4 Å². The van der Waals surface area contributed by atoms with Gasteiger partial charge in [-0.05, 0) is 12.5 Å². The molecule has 0 spiro atoms. The van der Waals surface area contributed by atoms with E-state index < -0.39 is 0 Å². The van der Waals surface area contributed by atoms with Crippen molar-refractivity contribution in [1.29, 1.82) is 0 Å². The maximum Gasteiger partial charge on any atom is 0.0520 e. The average Bonchev–Trinajstić information content (AvgIpc) is 1.83. The minimum atomic E-state index is 1.02. The van der Waals surface area contributed by atoms with Crippen molar-refractivity contribution < 1.29 is 0 Å². The number of hydrogen-bond donors (Lipinski definition) is 0. The Kier molecular flexibility index (Phi) is 3.76. The quantitative estimate of drug-likeness (QED) is 0.384. The zero-order chi connectivity index (χ0) is 6.41. The molecule has 0 saturated heterocycles. The standard InChI is InChI=1S/C6H10N2/c1-4-6(2)5-8-7-3/h4-5H,1H2,2-3H3/b6-5-,8-7-. The summed E-state index contributed by atoms with van der Waals surface area (Å²) < 4.78 is 0. The maximum atomic E-state index is 3.63. The van der Waals surface area contributed by atoms with Crippen LogP contribution in [-0.2, 0) is 0 Å². The van der Waals surface area contributed by atoms with Crippen LogP contribution in [0.25, 0.3) is 0 Å². The second-order valence-electron chi connectivity index (χ2n) is 1.39. The van der Waals surface area contributed by atoms with Crippen LogP contribution in [0.4, 0.5) is 0 Å². The van der Waals surface area contributed by atoms with Gasteiger partial charge in [0, 0.05) is 7.05 Å². The van der Waals surface area contributed by atoms with E-state index in [1.165, 1.54) is 0 Å². The molecule has 2 heteroatoms. The summed E-state index contributed by atoms with van der Waals surface area (Å²) in [6.07, 6.45) is 3.39. The molecule has 8 heavy (non-hydrogen) atoms. The third kappa shape index (κ3) is 3.28. The molecule has 0 aromatic rings. The predicted molar refractivity (Wildman–Crippen MR) is 34.7 cm³/mol. The molecule has 0 heterocycles. The molecule has 0 fully saturated rings. The summed E-state index contributed by atoms with van der Waals surface area (Å²) >= 11 is 0. The van der Waals surface area contributed by atoms with E-state index in [2.05, 4.69) is 16.8 Å². The van der Waals surface area contributed by atoms with E-state index in [4.69, 9.17) is 0 Å². The molecule has 0 N–H and O–H groups in total. The van der Waals surface area contributed by atoms with Crippen LogP contribution < -0.4 is 0 Å². The average molecular weight is 110 g/mol. The Balaban J connectivity index is 3.74. The number of allylic oxidation sites excluding steroid dienone is 2. The summed E-state index contributed by atoms with van der Waals surface area (Å²) in [6.45, 7) is 5.46. The van der Waals surface area contributed by atoms with Gasteiger partial charge in [0.15, 0.2) is 0 Å². The van der Waals surface area contributed by atoms with Gasteiger partial charge in [-0.2, -0.15) is 10.2 Å². The fraction of sp³-hybridized carbons (Fsp3) is 0.333. The zero-order valence-electron chi connectivity index (χ0n) is 5.26. The first-order valence-electron chi connectivity index (χ1n) is 2.39. The van der Waals surface area contributed by atoms with Gasteiger partial charge in [0.1, 0.15) is 0 Å². The molecular weight excluding hydrogens is 100 g/mol. The van der Waals surface area contributed by atoms with Crippen LogP contribution in [0.2, 0.25) is 0 Å². The van der Waals surface area contributed by atoms with Crippen LogP contribution in [0.5, 0.6) is 0 Å². The smallest absolute Gasteiger partial charge is 0.0520 e. The lowest BCUT2D eigenvalue weighted by atomic mass is 10.3. The molecule has 0 radical (unpaired) electrons. The Hall–Kier alpha value is -0.920. The highest BCUT2D eigenvalue weighted by Crippen LogP contribution is 1.91. The van der Waals surface area contributed by atoms with Crippen LogP contribution in [0.1, 0.15) is 6.92 Å². The van der Waals surface area contributed by atoms with Gasteiger partial charge in [0.25, 0.3) is 0 Å². The monoisotopic (exact) mass is 110 g/mol. The molecule has 0 aromatic carbocycles.